The molecule has 2 N–H and O–H groups in total. The fraction of sp³-hybridized carbons (Fsp3) is 0.455. The predicted octanol–water partition coefficient (Wildman–Crippen LogP) is 2.10. The number of hydrogen-bond donors (Lipinski definition) is 1. The van der Waals surface area contributed by atoms with Gasteiger partial charge in [-0.1, -0.05) is 11.6 Å². The van der Waals surface area contributed by atoms with Gasteiger partial charge in [0.05, 0.1) is 25.8 Å². The number of nitrogens with two attached hydrogens (primary N) is 1. The van der Waals surface area contributed by atoms with Gasteiger partial charge in [-0.3, -0.25) is 0 Å². The molecule has 0 fully saturated rings. The minimum atomic E-state index is 0.415. The first-order chi connectivity index (χ1) is 7.65. The normalized spacial score (nSPS) is 10.3. The lowest BCUT2D eigenvalue weighted by Crippen LogP contribution is -2.06. The quantitative estimate of drug-likeness (QED) is 0.808. The van der Waals surface area contributed by atoms with Crippen molar-refractivity contribution >= 4 is 11.6 Å². The highest BCUT2D eigenvalue weighted by Crippen LogP contribution is 2.37. The smallest absolute Gasteiger partial charge is 0.144 e. The zero-order valence-corrected chi connectivity index (χ0v) is 10.4. The van der Waals surface area contributed by atoms with Crippen molar-refractivity contribution in [3.05, 3.63) is 22.2 Å². The highest BCUT2D eigenvalue weighted by molar-refractivity contribution is 6.32. The van der Waals surface area contributed by atoms with Gasteiger partial charge < -0.3 is 14.3 Å². The Kier molecular flexibility index (Phi) is 4.86. The van der Waals surface area contributed by atoms with Gasteiger partial charge in [0.15, 0.2) is 0 Å². The third-order valence-electron chi connectivity index (χ3n) is 2.39. The highest BCUT2D eigenvalue weighted by Gasteiger charge is 2.15. The van der Waals surface area contributed by atoms with E-state index in [0.29, 0.717) is 23.8 Å². The van der Waals surface area contributed by atoms with Crippen molar-refractivity contribution in [3.8, 4) is 11.5 Å². The summed E-state index contributed by atoms with van der Waals surface area (Å²) in [5.41, 5.74) is 1.83. The summed E-state index contributed by atoms with van der Waals surface area (Å²) < 4.78 is 10.5. The zero-order valence-electron chi connectivity index (χ0n) is 9.67. The molecule has 0 atom stereocenters. The molecule has 0 unspecified atom stereocenters. The molecule has 0 aliphatic carbocycles. The molecule has 1 aromatic rings. The monoisotopic (exact) mass is 245 g/mol. The Morgan fingerprint density at radius 2 is 1.88 bits per heavy atom. The molecule has 0 aliphatic heterocycles. The second-order valence-corrected chi connectivity index (χ2v) is 3.74. The van der Waals surface area contributed by atoms with Gasteiger partial charge in [0.1, 0.15) is 11.5 Å². The summed E-state index contributed by atoms with van der Waals surface area (Å²) in [4.78, 5) is 4.55. The number of halogens is 1. The van der Waals surface area contributed by atoms with Crippen LogP contribution < -0.4 is 15.4 Å². The summed E-state index contributed by atoms with van der Waals surface area (Å²) in [6, 6.07) is 1.81. The Morgan fingerprint density at radius 1 is 1.25 bits per heavy atom. The fourth-order valence-electron chi connectivity index (χ4n) is 1.70. The Bertz CT molecular complexity index is 369. The van der Waals surface area contributed by atoms with Crippen LogP contribution >= 0.6 is 11.6 Å². The predicted molar refractivity (Wildman–Crippen MR) is 63.1 cm³/mol. The van der Waals surface area contributed by atoms with Crippen LogP contribution in [0.1, 0.15) is 11.1 Å². The van der Waals surface area contributed by atoms with Crippen molar-refractivity contribution in [1.29, 1.82) is 0 Å². The first kappa shape index (κ1) is 13.1. The van der Waals surface area contributed by atoms with Gasteiger partial charge in [-0.05, 0) is 18.6 Å². The van der Waals surface area contributed by atoms with Crippen LogP contribution in [0.15, 0.2) is 6.07 Å². The standard InChI is InChI=1S/C11H16ClNO3/c1-7-10(14-2)8(4-5-16-13)6-9(12)11(7)15-3/h6H,4-5,13H2,1-3H3. The second kappa shape index (κ2) is 5.94. The second-order valence-electron chi connectivity index (χ2n) is 3.33. The minimum Gasteiger partial charge on any atom is -0.496 e. The lowest BCUT2D eigenvalue weighted by Gasteiger charge is -2.15. The molecule has 0 aliphatic rings. The summed E-state index contributed by atoms with van der Waals surface area (Å²) in [5, 5.41) is 0.563. The van der Waals surface area contributed by atoms with Crippen molar-refractivity contribution in [3.63, 3.8) is 0 Å². The molecular weight excluding hydrogens is 230 g/mol. The van der Waals surface area contributed by atoms with Crippen LogP contribution in [0.4, 0.5) is 0 Å². The Labute approximate surface area is 100 Å². The molecule has 0 radical (unpaired) electrons. The van der Waals surface area contributed by atoms with E-state index < -0.39 is 0 Å². The first-order valence-corrected chi connectivity index (χ1v) is 5.25. The molecule has 1 aromatic carbocycles. The maximum Gasteiger partial charge on any atom is 0.144 e. The van der Waals surface area contributed by atoms with E-state index in [1.54, 1.807) is 14.2 Å². The van der Waals surface area contributed by atoms with E-state index >= 15 is 0 Å². The van der Waals surface area contributed by atoms with E-state index in [0.717, 1.165) is 16.9 Å². The van der Waals surface area contributed by atoms with Gasteiger partial charge in [0.25, 0.3) is 0 Å². The molecule has 5 heteroatoms. The Hall–Kier alpha value is -0.970. The molecule has 0 spiro atoms. The lowest BCUT2D eigenvalue weighted by molar-refractivity contribution is 0.140. The SMILES string of the molecule is COc1c(Cl)cc(CCON)c(OC)c1C. The van der Waals surface area contributed by atoms with Gasteiger partial charge in [-0.25, -0.2) is 5.90 Å². The van der Waals surface area contributed by atoms with E-state index in [1.807, 2.05) is 13.0 Å². The van der Waals surface area contributed by atoms with E-state index in [-0.39, 0.29) is 0 Å². The van der Waals surface area contributed by atoms with Crippen LogP contribution in [-0.4, -0.2) is 20.8 Å². The Morgan fingerprint density at radius 3 is 2.38 bits per heavy atom. The molecule has 0 amide bonds. The zero-order chi connectivity index (χ0) is 12.1. The largest absolute Gasteiger partial charge is 0.496 e. The summed E-state index contributed by atoms with van der Waals surface area (Å²) in [6.45, 7) is 2.31. The van der Waals surface area contributed by atoms with E-state index in [9.17, 15) is 0 Å². The van der Waals surface area contributed by atoms with E-state index in [2.05, 4.69) is 4.84 Å². The topological polar surface area (TPSA) is 53.7 Å². The van der Waals surface area contributed by atoms with Crippen LogP contribution in [0.3, 0.4) is 0 Å². The van der Waals surface area contributed by atoms with E-state index in [4.69, 9.17) is 27.0 Å². The van der Waals surface area contributed by atoms with Crippen LogP contribution in [-0.2, 0) is 11.3 Å². The molecule has 0 saturated carbocycles. The number of hydrogen-bond acceptors (Lipinski definition) is 4. The molecule has 4 nitrogen and oxygen atoms in total. The maximum atomic E-state index is 6.09. The van der Waals surface area contributed by atoms with Gasteiger partial charge in [-0.2, -0.15) is 0 Å². The number of ether oxygens (including phenoxy) is 2. The van der Waals surface area contributed by atoms with E-state index in [1.165, 1.54) is 0 Å². The number of benzene rings is 1. The summed E-state index contributed by atoms with van der Waals surface area (Å²) >= 11 is 6.09. The fourth-order valence-corrected chi connectivity index (χ4v) is 2.05. The van der Waals surface area contributed by atoms with Crippen molar-refractivity contribution in [1.82, 2.24) is 0 Å². The van der Waals surface area contributed by atoms with Gasteiger partial charge in [-0.15, -0.1) is 0 Å². The van der Waals surface area contributed by atoms with Crippen LogP contribution in [0.5, 0.6) is 11.5 Å². The molecule has 1 rings (SSSR count). The molecule has 0 saturated heterocycles. The maximum absolute atomic E-state index is 6.09. The molecule has 16 heavy (non-hydrogen) atoms. The molecule has 0 aromatic heterocycles. The molecule has 0 heterocycles. The van der Waals surface area contributed by atoms with Crippen molar-refractivity contribution < 1.29 is 14.3 Å². The van der Waals surface area contributed by atoms with Crippen LogP contribution in [0.25, 0.3) is 0 Å². The van der Waals surface area contributed by atoms with Gasteiger partial charge in [0, 0.05) is 12.0 Å². The minimum absolute atomic E-state index is 0.415. The summed E-state index contributed by atoms with van der Waals surface area (Å²) in [6.07, 6.45) is 0.643. The average Bonchev–Trinajstić information content (AvgIpc) is 2.26. The average molecular weight is 246 g/mol. The third-order valence-corrected chi connectivity index (χ3v) is 2.67. The molecule has 90 valence electrons. The number of methoxy groups -OCH3 is 2. The summed E-state index contributed by atoms with van der Waals surface area (Å²) in [7, 11) is 3.19. The molecular formula is C11H16ClNO3. The van der Waals surface area contributed by atoms with Crippen LogP contribution in [0, 0.1) is 6.92 Å². The van der Waals surface area contributed by atoms with Crippen molar-refractivity contribution in [2.24, 2.45) is 5.90 Å². The lowest BCUT2D eigenvalue weighted by atomic mass is 10.1. The van der Waals surface area contributed by atoms with Gasteiger partial charge >= 0.3 is 0 Å². The third kappa shape index (κ3) is 2.58. The van der Waals surface area contributed by atoms with Crippen molar-refractivity contribution in [2.75, 3.05) is 20.8 Å². The van der Waals surface area contributed by atoms with Gasteiger partial charge in [0.2, 0.25) is 0 Å². The Balaban J connectivity index is 3.18. The summed E-state index contributed by atoms with van der Waals surface area (Å²) in [5.74, 6) is 6.40. The molecule has 0 bridgehead atoms. The van der Waals surface area contributed by atoms with Crippen LogP contribution in [0.2, 0.25) is 5.02 Å². The first-order valence-electron chi connectivity index (χ1n) is 4.87. The van der Waals surface area contributed by atoms with Crippen molar-refractivity contribution in [2.45, 2.75) is 13.3 Å². The number of rotatable bonds is 5. The highest BCUT2D eigenvalue weighted by atomic mass is 35.5.